The molecule has 1 aromatic heterocycles. The fourth-order valence-corrected chi connectivity index (χ4v) is 6.39. The van der Waals surface area contributed by atoms with Crippen molar-refractivity contribution in [3.8, 4) is 0 Å². The predicted molar refractivity (Wildman–Crippen MR) is 137 cm³/mol. The van der Waals surface area contributed by atoms with Gasteiger partial charge in [-0.15, -0.1) is 0 Å². The van der Waals surface area contributed by atoms with Gasteiger partial charge < -0.3 is 14.7 Å². The summed E-state index contributed by atoms with van der Waals surface area (Å²) in [6.45, 7) is 3.22. The highest BCUT2D eigenvalue weighted by Crippen LogP contribution is 2.31. The third-order valence-corrected chi connectivity index (χ3v) is 8.29. The molecule has 0 spiro atoms. The summed E-state index contributed by atoms with van der Waals surface area (Å²) >= 11 is 0. The van der Waals surface area contributed by atoms with Crippen LogP contribution in [-0.2, 0) is 24.1 Å². The van der Waals surface area contributed by atoms with Crippen LogP contribution in [0.1, 0.15) is 52.9 Å². The number of fused-ring (bicyclic) bond motifs is 4. The lowest BCUT2D eigenvalue weighted by Gasteiger charge is -2.34. The number of amides is 1. The molecule has 1 N–H and O–H groups in total. The Hall–Kier alpha value is -3.03. The van der Waals surface area contributed by atoms with Gasteiger partial charge in [-0.3, -0.25) is 9.59 Å². The summed E-state index contributed by atoms with van der Waals surface area (Å²) in [5.74, 6) is 0.540. The van der Waals surface area contributed by atoms with E-state index in [0.717, 1.165) is 32.1 Å². The molecule has 2 fully saturated rings. The van der Waals surface area contributed by atoms with Gasteiger partial charge in [0.2, 0.25) is 0 Å². The molecule has 6 rings (SSSR count). The summed E-state index contributed by atoms with van der Waals surface area (Å²) < 4.78 is 7.00. The highest BCUT2D eigenvalue weighted by molar-refractivity contribution is 5.99. The van der Waals surface area contributed by atoms with Gasteiger partial charge in [0.25, 0.3) is 11.5 Å². The van der Waals surface area contributed by atoms with Crippen molar-refractivity contribution in [3.63, 3.8) is 0 Å². The lowest BCUT2D eigenvalue weighted by Crippen LogP contribution is -2.49. The molecule has 1 aliphatic carbocycles. The maximum absolute atomic E-state index is 13.3. The first-order chi connectivity index (χ1) is 17.5. The topological polar surface area (TPSA) is 84.7 Å². The van der Waals surface area contributed by atoms with Crippen LogP contribution in [0.4, 0.5) is 0 Å². The molecule has 2 aromatic carbocycles. The lowest BCUT2D eigenvalue weighted by atomic mass is 9.98. The second kappa shape index (κ2) is 9.45. The van der Waals surface area contributed by atoms with Crippen LogP contribution in [0.25, 0.3) is 10.8 Å². The van der Waals surface area contributed by atoms with Crippen molar-refractivity contribution in [2.45, 2.75) is 70.2 Å². The third-order valence-electron chi connectivity index (χ3n) is 8.29. The normalized spacial score (nSPS) is 22.2. The van der Waals surface area contributed by atoms with Crippen molar-refractivity contribution in [2.75, 3.05) is 13.2 Å². The molecule has 188 valence electrons. The van der Waals surface area contributed by atoms with Gasteiger partial charge in [-0.2, -0.15) is 5.10 Å². The Bertz CT molecular complexity index is 1330. The first kappa shape index (κ1) is 23.4. The van der Waals surface area contributed by atoms with Crippen LogP contribution in [0.15, 0.2) is 47.3 Å². The van der Waals surface area contributed by atoms with E-state index < -0.39 is 6.10 Å². The van der Waals surface area contributed by atoms with Gasteiger partial charge in [0, 0.05) is 10.9 Å². The predicted octanol–water partition coefficient (Wildman–Crippen LogP) is 3.26. The number of morpholine rings is 1. The molecule has 3 heterocycles. The minimum absolute atomic E-state index is 0.000708. The Balaban J connectivity index is 1.15. The van der Waals surface area contributed by atoms with E-state index in [4.69, 9.17) is 4.74 Å². The minimum atomic E-state index is -0.631. The van der Waals surface area contributed by atoms with E-state index in [1.165, 1.54) is 15.8 Å². The van der Waals surface area contributed by atoms with Crippen molar-refractivity contribution in [2.24, 2.45) is 5.92 Å². The number of carbonyl (C=O) groups excluding carboxylic acids is 1. The molecule has 2 saturated heterocycles. The van der Waals surface area contributed by atoms with Crippen LogP contribution in [0.2, 0.25) is 0 Å². The molecular weight excluding hydrogens is 454 g/mol. The fourth-order valence-electron chi connectivity index (χ4n) is 6.39. The van der Waals surface area contributed by atoms with Gasteiger partial charge in [-0.25, -0.2) is 4.68 Å². The van der Waals surface area contributed by atoms with Crippen LogP contribution in [0, 0.1) is 12.8 Å². The van der Waals surface area contributed by atoms with Gasteiger partial charge in [0.1, 0.15) is 0 Å². The van der Waals surface area contributed by atoms with E-state index in [0.29, 0.717) is 47.6 Å². The summed E-state index contributed by atoms with van der Waals surface area (Å²) in [4.78, 5) is 28.5. The van der Waals surface area contributed by atoms with Crippen LogP contribution >= 0.6 is 0 Å². The number of benzene rings is 2. The average molecular weight is 488 g/mol. The Morgan fingerprint density at radius 1 is 1.08 bits per heavy atom. The van der Waals surface area contributed by atoms with Crippen molar-refractivity contribution < 1.29 is 14.6 Å². The SMILES string of the molecule is Cc1nn(C[C@@H](O)CCC2Cc3ccccc3C2)c(=O)c2ccc(C(=O)N3C4CCC3COC4)cc12. The van der Waals surface area contributed by atoms with Crippen molar-refractivity contribution in [1.29, 1.82) is 0 Å². The maximum Gasteiger partial charge on any atom is 0.274 e. The van der Waals surface area contributed by atoms with Crippen molar-refractivity contribution in [1.82, 2.24) is 14.7 Å². The second-order valence-corrected chi connectivity index (χ2v) is 10.7. The Labute approximate surface area is 210 Å². The molecule has 2 bridgehead atoms. The molecule has 2 aliphatic heterocycles. The van der Waals surface area contributed by atoms with E-state index in [1.807, 2.05) is 11.8 Å². The number of ether oxygens (including phenoxy) is 1. The summed E-state index contributed by atoms with van der Waals surface area (Å²) in [5.41, 5.74) is 3.87. The fraction of sp³-hybridized carbons (Fsp3) is 0.483. The Kier molecular flexibility index (Phi) is 6.13. The van der Waals surface area contributed by atoms with Crippen LogP contribution in [0.3, 0.4) is 0 Å². The number of nitrogens with zero attached hydrogens (tertiary/aromatic N) is 3. The highest BCUT2D eigenvalue weighted by Gasteiger charge is 2.40. The Morgan fingerprint density at radius 3 is 2.47 bits per heavy atom. The number of rotatable bonds is 6. The second-order valence-electron chi connectivity index (χ2n) is 10.7. The number of aliphatic hydroxyl groups excluding tert-OH is 1. The summed E-state index contributed by atoms with van der Waals surface area (Å²) in [6, 6.07) is 14.1. The molecule has 7 heteroatoms. The molecule has 1 amide bonds. The third kappa shape index (κ3) is 4.24. The number of carbonyl (C=O) groups is 1. The highest BCUT2D eigenvalue weighted by atomic mass is 16.5. The van der Waals surface area contributed by atoms with E-state index in [2.05, 4.69) is 29.4 Å². The van der Waals surface area contributed by atoms with E-state index >= 15 is 0 Å². The molecule has 36 heavy (non-hydrogen) atoms. The van der Waals surface area contributed by atoms with Crippen LogP contribution in [0.5, 0.6) is 0 Å². The van der Waals surface area contributed by atoms with Crippen molar-refractivity contribution in [3.05, 3.63) is 75.2 Å². The summed E-state index contributed by atoms with van der Waals surface area (Å²) in [5, 5.41) is 16.5. The van der Waals surface area contributed by atoms with Crippen molar-refractivity contribution >= 4 is 16.7 Å². The number of aromatic nitrogens is 2. The van der Waals surface area contributed by atoms with Crippen LogP contribution < -0.4 is 5.56 Å². The standard InChI is InChI=1S/C29H33N3O4/c1-18-27-14-22(28(34)32-23-8-9-24(32)17-36-16-23)7-11-26(27)29(35)31(30-18)15-25(33)10-6-19-12-20-4-2-3-5-21(20)13-19/h2-5,7,11,14,19,23-25,33H,6,8-10,12-13,15-17H2,1H3/t23?,24?,25-/m0/s1. The first-order valence-electron chi connectivity index (χ1n) is 13.1. The monoisotopic (exact) mass is 487 g/mol. The molecule has 0 saturated carbocycles. The largest absolute Gasteiger partial charge is 0.391 e. The van der Waals surface area contributed by atoms with E-state index in [9.17, 15) is 14.7 Å². The smallest absolute Gasteiger partial charge is 0.274 e. The molecule has 2 unspecified atom stereocenters. The molecule has 3 atom stereocenters. The zero-order chi connectivity index (χ0) is 24.8. The molecule has 3 aliphatic rings. The minimum Gasteiger partial charge on any atom is -0.391 e. The molecule has 7 nitrogen and oxygen atoms in total. The molecular formula is C29H33N3O4. The summed E-state index contributed by atoms with van der Waals surface area (Å²) in [7, 11) is 0. The Morgan fingerprint density at radius 2 is 1.78 bits per heavy atom. The first-order valence-corrected chi connectivity index (χ1v) is 13.1. The number of aliphatic hydroxyl groups is 1. The quantitative estimate of drug-likeness (QED) is 0.577. The van der Waals surface area contributed by atoms with Gasteiger partial charge >= 0.3 is 0 Å². The van der Waals surface area contributed by atoms with E-state index in [1.54, 1.807) is 18.2 Å². The van der Waals surface area contributed by atoms with Gasteiger partial charge in [-0.1, -0.05) is 24.3 Å². The summed E-state index contributed by atoms with van der Waals surface area (Å²) in [6.07, 6.45) is 5.00. The number of hydrogen-bond acceptors (Lipinski definition) is 5. The number of aryl methyl sites for hydroxylation is 1. The average Bonchev–Trinajstić information content (AvgIpc) is 3.42. The maximum atomic E-state index is 13.3. The number of hydrogen-bond donors (Lipinski definition) is 1. The van der Waals surface area contributed by atoms with Crippen LogP contribution in [-0.4, -0.2) is 57.1 Å². The zero-order valence-corrected chi connectivity index (χ0v) is 20.7. The van der Waals surface area contributed by atoms with Gasteiger partial charge in [-0.05, 0) is 80.7 Å². The van der Waals surface area contributed by atoms with Gasteiger partial charge in [0.05, 0.1) is 49.0 Å². The molecule has 3 aromatic rings. The van der Waals surface area contributed by atoms with E-state index in [-0.39, 0.29) is 30.1 Å². The van der Waals surface area contributed by atoms with Gasteiger partial charge in [0.15, 0.2) is 0 Å². The zero-order valence-electron chi connectivity index (χ0n) is 20.7. The molecule has 0 radical (unpaired) electrons. The lowest BCUT2D eigenvalue weighted by molar-refractivity contribution is -0.00714.